The highest BCUT2D eigenvalue weighted by molar-refractivity contribution is 5.78. The van der Waals surface area contributed by atoms with Gasteiger partial charge in [-0.05, 0) is 36.6 Å². The first-order valence-electron chi connectivity index (χ1n) is 5.81. The molecule has 2 rings (SSSR count). The van der Waals surface area contributed by atoms with E-state index in [9.17, 15) is 9.18 Å². The number of amides is 1. The molecule has 3 nitrogen and oxygen atoms in total. The molecule has 1 amide bonds. The number of halogens is 1. The maximum Gasteiger partial charge on any atom is 0.222 e. The van der Waals surface area contributed by atoms with Crippen LogP contribution in [0.1, 0.15) is 18.4 Å². The van der Waals surface area contributed by atoms with E-state index in [4.69, 9.17) is 4.74 Å². The quantitative estimate of drug-likeness (QED) is 0.801. The predicted molar refractivity (Wildman–Crippen MR) is 62.5 cm³/mol. The van der Waals surface area contributed by atoms with Gasteiger partial charge in [-0.15, -0.1) is 0 Å². The molecular formula is C13H16FNO2. The van der Waals surface area contributed by atoms with E-state index in [2.05, 4.69) is 0 Å². The second kappa shape index (κ2) is 5.17. The average Bonchev–Trinajstić information content (AvgIpc) is 2.72. The van der Waals surface area contributed by atoms with Crippen molar-refractivity contribution in [2.75, 3.05) is 20.2 Å². The van der Waals surface area contributed by atoms with Crippen molar-refractivity contribution in [1.29, 1.82) is 0 Å². The van der Waals surface area contributed by atoms with Crippen LogP contribution >= 0.6 is 0 Å². The van der Waals surface area contributed by atoms with Crippen molar-refractivity contribution in [3.05, 3.63) is 29.6 Å². The number of hydrogen-bond donors (Lipinski definition) is 0. The lowest BCUT2D eigenvalue weighted by molar-refractivity contribution is -0.127. The zero-order valence-corrected chi connectivity index (χ0v) is 9.91. The molecule has 1 fully saturated rings. The zero-order chi connectivity index (χ0) is 12.3. The van der Waals surface area contributed by atoms with Gasteiger partial charge in [-0.3, -0.25) is 4.79 Å². The molecule has 4 heteroatoms. The second-order valence-corrected chi connectivity index (χ2v) is 4.19. The van der Waals surface area contributed by atoms with E-state index in [1.54, 1.807) is 13.2 Å². The van der Waals surface area contributed by atoms with Gasteiger partial charge < -0.3 is 9.64 Å². The van der Waals surface area contributed by atoms with Crippen LogP contribution in [0.25, 0.3) is 0 Å². The molecule has 1 saturated heterocycles. The summed E-state index contributed by atoms with van der Waals surface area (Å²) in [5.74, 6) is 0.604. The Morgan fingerprint density at radius 3 is 2.94 bits per heavy atom. The molecule has 0 unspecified atom stereocenters. The fourth-order valence-corrected chi connectivity index (χ4v) is 2.14. The molecule has 0 aliphatic carbocycles. The van der Waals surface area contributed by atoms with E-state index in [0.717, 1.165) is 18.5 Å². The monoisotopic (exact) mass is 237 g/mol. The Morgan fingerprint density at radius 2 is 2.29 bits per heavy atom. The van der Waals surface area contributed by atoms with Gasteiger partial charge in [0.2, 0.25) is 5.91 Å². The Bertz CT molecular complexity index is 420. The van der Waals surface area contributed by atoms with Crippen molar-refractivity contribution in [2.24, 2.45) is 0 Å². The number of likely N-dealkylation sites (tertiary alicyclic amines) is 1. The molecule has 0 N–H and O–H groups in total. The van der Waals surface area contributed by atoms with E-state index in [1.165, 1.54) is 12.1 Å². The van der Waals surface area contributed by atoms with Crippen molar-refractivity contribution < 1.29 is 13.9 Å². The maximum absolute atomic E-state index is 13.1. The van der Waals surface area contributed by atoms with Gasteiger partial charge in [0.05, 0.1) is 7.11 Å². The van der Waals surface area contributed by atoms with E-state index >= 15 is 0 Å². The number of nitrogens with zero attached hydrogens (tertiary/aromatic N) is 1. The van der Waals surface area contributed by atoms with Gasteiger partial charge in [0.15, 0.2) is 0 Å². The van der Waals surface area contributed by atoms with Crippen molar-refractivity contribution in [3.8, 4) is 5.75 Å². The number of hydrogen-bond acceptors (Lipinski definition) is 2. The number of ether oxygens (including phenoxy) is 1. The first kappa shape index (κ1) is 11.9. The van der Waals surface area contributed by atoms with Gasteiger partial charge in [-0.25, -0.2) is 4.39 Å². The summed E-state index contributed by atoms with van der Waals surface area (Å²) in [5, 5.41) is 0. The minimum Gasteiger partial charge on any atom is -0.496 e. The molecule has 92 valence electrons. The maximum atomic E-state index is 13.1. The molecule has 0 bridgehead atoms. The lowest BCUT2D eigenvalue weighted by Crippen LogP contribution is -2.27. The van der Waals surface area contributed by atoms with Crippen LogP contribution in [0.3, 0.4) is 0 Å². The van der Waals surface area contributed by atoms with Crippen LogP contribution in [0.2, 0.25) is 0 Å². The van der Waals surface area contributed by atoms with Crippen molar-refractivity contribution in [1.82, 2.24) is 4.90 Å². The first-order valence-corrected chi connectivity index (χ1v) is 5.81. The Balaban J connectivity index is 2.02. The lowest BCUT2D eigenvalue weighted by Gasteiger charge is -2.16. The third-order valence-electron chi connectivity index (χ3n) is 3.06. The van der Waals surface area contributed by atoms with Crippen LogP contribution in [-0.2, 0) is 11.2 Å². The Labute approximate surface area is 100 Å². The van der Waals surface area contributed by atoms with Gasteiger partial charge in [-0.2, -0.15) is 0 Å². The molecule has 0 saturated carbocycles. The molecule has 1 aliphatic rings. The van der Waals surface area contributed by atoms with Crippen LogP contribution in [0.4, 0.5) is 4.39 Å². The molecule has 0 atom stereocenters. The van der Waals surface area contributed by atoms with Gasteiger partial charge in [0.1, 0.15) is 11.6 Å². The normalized spacial score (nSPS) is 15.4. The first-order chi connectivity index (χ1) is 8.20. The Hall–Kier alpha value is -1.58. The number of carbonyl (C=O) groups excluding carboxylic acids is 1. The third-order valence-corrected chi connectivity index (χ3v) is 3.06. The molecule has 1 aliphatic heterocycles. The summed E-state index contributed by atoms with van der Waals surface area (Å²) in [4.78, 5) is 13.3. The highest BCUT2D eigenvalue weighted by Crippen LogP contribution is 2.21. The topological polar surface area (TPSA) is 29.5 Å². The zero-order valence-electron chi connectivity index (χ0n) is 9.91. The highest BCUT2D eigenvalue weighted by Gasteiger charge is 2.19. The van der Waals surface area contributed by atoms with Crippen LogP contribution in [0.5, 0.6) is 5.75 Å². The van der Waals surface area contributed by atoms with Crippen molar-refractivity contribution in [3.63, 3.8) is 0 Å². The largest absolute Gasteiger partial charge is 0.496 e. The summed E-state index contributed by atoms with van der Waals surface area (Å²) >= 11 is 0. The standard InChI is InChI=1S/C13H16FNO2/c1-17-12-5-4-11(14)9-10(12)6-8-15-7-2-3-13(15)16/h4-5,9H,2-3,6-8H2,1H3. The SMILES string of the molecule is COc1ccc(F)cc1CCN1CCCC1=O. The Kier molecular flexibility index (Phi) is 3.61. The van der Waals surface area contributed by atoms with E-state index < -0.39 is 0 Å². The minimum absolute atomic E-state index is 0.195. The van der Waals surface area contributed by atoms with Crippen LogP contribution in [0.15, 0.2) is 18.2 Å². The van der Waals surface area contributed by atoms with Crippen molar-refractivity contribution in [2.45, 2.75) is 19.3 Å². The van der Waals surface area contributed by atoms with Gasteiger partial charge >= 0.3 is 0 Å². The third kappa shape index (κ3) is 2.75. The van der Waals surface area contributed by atoms with E-state index in [0.29, 0.717) is 25.1 Å². The fourth-order valence-electron chi connectivity index (χ4n) is 2.14. The molecule has 17 heavy (non-hydrogen) atoms. The summed E-state index contributed by atoms with van der Waals surface area (Å²) in [7, 11) is 1.57. The average molecular weight is 237 g/mol. The highest BCUT2D eigenvalue weighted by atomic mass is 19.1. The molecular weight excluding hydrogens is 221 g/mol. The van der Waals surface area contributed by atoms with E-state index in [-0.39, 0.29) is 11.7 Å². The smallest absolute Gasteiger partial charge is 0.222 e. The van der Waals surface area contributed by atoms with Crippen molar-refractivity contribution >= 4 is 5.91 Å². The van der Waals surface area contributed by atoms with Gasteiger partial charge in [-0.1, -0.05) is 0 Å². The molecule has 0 spiro atoms. The van der Waals surface area contributed by atoms with Crippen LogP contribution in [-0.4, -0.2) is 31.0 Å². The molecule has 1 heterocycles. The van der Waals surface area contributed by atoms with Crippen LogP contribution < -0.4 is 4.74 Å². The second-order valence-electron chi connectivity index (χ2n) is 4.19. The summed E-state index contributed by atoms with van der Waals surface area (Å²) in [6.07, 6.45) is 2.20. The number of rotatable bonds is 4. The predicted octanol–water partition coefficient (Wildman–Crippen LogP) is 2.00. The van der Waals surface area contributed by atoms with E-state index in [1.807, 2.05) is 4.90 Å². The molecule has 1 aromatic carbocycles. The Morgan fingerprint density at radius 1 is 1.47 bits per heavy atom. The molecule has 1 aromatic rings. The minimum atomic E-state index is -0.270. The van der Waals surface area contributed by atoms with Crippen LogP contribution in [0, 0.1) is 5.82 Å². The number of methoxy groups -OCH3 is 1. The molecule has 0 aromatic heterocycles. The van der Waals surface area contributed by atoms with Gasteiger partial charge in [0.25, 0.3) is 0 Å². The summed E-state index contributed by atoms with van der Waals surface area (Å²) in [6, 6.07) is 4.47. The number of carbonyl (C=O) groups is 1. The molecule has 0 radical (unpaired) electrons. The number of benzene rings is 1. The van der Waals surface area contributed by atoms with Gasteiger partial charge in [0, 0.05) is 19.5 Å². The summed E-state index contributed by atoms with van der Waals surface area (Å²) in [6.45, 7) is 1.45. The summed E-state index contributed by atoms with van der Waals surface area (Å²) in [5.41, 5.74) is 0.812. The lowest BCUT2D eigenvalue weighted by atomic mass is 10.1. The fraction of sp³-hybridized carbons (Fsp3) is 0.462. The summed E-state index contributed by atoms with van der Waals surface area (Å²) < 4.78 is 18.3.